The van der Waals surface area contributed by atoms with Crippen molar-refractivity contribution in [1.82, 2.24) is 4.98 Å². The van der Waals surface area contributed by atoms with Crippen molar-refractivity contribution >= 4 is 16.7 Å². The Morgan fingerprint density at radius 3 is 2.85 bits per heavy atom. The molecule has 0 radical (unpaired) electrons. The Morgan fingerprint density at radius 1 is 1.30 bits per heavy atom. The van der Waals surface area contributed by atoms with Crippen LogP contribution in [0.5, 0.6) is 0 Å². The Labute approximate surface area is 118 Å². The van der Waals surface area contributed by atoms with Gasteiger partial charge in [-0.1, -0.05) is 25.1 Å². The van der Waals surface area contributed by atoms with Crippen molar-refractivity contribution in [2.75, 3.05) is 18.1 Å². The summed E-state index contributed by atoms with van der Waals surface area (Å²) in [4.78, 5) is 6.87. The molecule has 2 aromatic rings. The molecule has 1 fully saturated rings. The smallest absolute Gasteiger partial charge is 0.129 e. The van der Waals surface area contributed by atoms with Crippen LogP contribution in [0.2, 0.25) is 0 Å². The van der Waals surface area contributed by atoms with Crippen LogP contribution in [0.1, 0.15) is 18.9 Å². The van der Waals surface area contributed by atoms with Crippen LogP contribution in [-0.2, 0) is 6.61 Å². The number of pyridine rings is 1. The van der Waals surface area contributed by atoms with Crippen LogP contribution in [0.3, 0.4) is 0 Å². The minimum absolute atomic E-state index is 0.00319. The summed E-state index contributed by atoms with van der Waals surface area (Å²) in [6, 6.07) is 9.92. The van der Waals surface area contributed by atoms with Gasteiger partial charge in [0, 0.05) is 11.9 Å². The maximum Gasteiger partial charge on any atom is 0.129 e. The van der Waals surface area contributed by atoms with Crippen molar-refractivity contribution in [3.63, 3.8) is 0 Å². The molecule has 4 heteroatoms. The number of aliphatic hydroxyl groups excluding tert-OH is 2. The van der Waals surface area contributed by atoms with Gasteiger partial charge in [0.1, 0.15) is 5.82 Å². The van der Waals surface area contributed by atoms with Gasteiger partial charge in [-0.3, -0.25) is 0 Å². The van der Waals surface area contributed by atoms with Gasteiger partial charge in [-0.15, -0.1) is 0 Å². The molecular formula is C16H20N2O2. The zero-order valence-corrected chi connectivity index (χ0v) is 11.7. The molecule has 1 aliphatic rings. The van der Waals surface area contributed by atoms with Crippen LogP contribution in [0, 0.1) is 5.92 Å². The molecule has 2 unspecified atom stereocenters. The molecule has 2 N–H and O–H groups in total. The first-order valence-electron chi connectivity index (χ1n) is 7.11. The quantitative estimate of drug-likeness (QED) is 0.896. The Kier molecular flexibility index (Phi) is 3.59. The summed E-state index contributed by atoms with van der Waals surface area (Å²) in [5.74, 6) is 1.32. The van der Waals surface area contributed by atoms with Gasteiger partial charge in [-0.05, 0) is 30.0 Å². The number of hydrogen-bond acceptors (Lipinski definition) is 4. The molecule has 106 valence electrons. The van der Waals surface area contributed by atoms with E-state index in [-0.39, 0.29) is 19.3 Å². The van der Waals surface area contributed by atoms with Gasteiger partial charge >= 0.3 is 0 Å². The van der Waals surface area contributed by atoms with Crippen LogP contribution in [0.25, 0.3) is 10.9 Å². The number of anilines is 1. The minimum Gasteiger partial charge on any atom is -0.394 e. The normalized spacial score (nSPS) is 22.6. The lowest BCUT2D eigenvalue weighted by Gasteiger charge is -2.27. The van der Waals surface area contributed by atoms with Crippen LogP contribution < -0.4 is 4.90 Å². The third-order valence-electron chi connectivity index (χ3n) is 4.32. The zero-order chi connectivity index (χ0) is 14.1. The van der Waals surface area contributed by atoms with E-state index >= 15 is 0 Å². The van der Waals surface area contributed by atoms with Gasteiger partial charge in [0.25, 0.3) is 0 Å². The maximum absolute atomic E-state index is 9.59. The molecular weight excluding hydrogens is 252 g/mol. The number of benzene rings is 1. The van der Waals surface area contributed by atoms with Crippen LogP contribution in [-0.4, -0.2) is 34.4 Å². The van der Waals surface area contributed by atoms with Crippen LogP contribution in [0.15, 0.2) is 30.3 Å². The van der Waals surface area contributed by atoms with E-state index in [1.807, 2.05) is 30.3 Å². The van der Waals surface area contributed by atoms with Gasteiger partial charge in [0.15, 0.2) is 0 Å². The number of nitrogens with zero attached hydrogens (tertiary/aromatic N) is 2. The molecule has 0 amide bonds. The third-order valence-corrected chi connectivity index (χ3v) is 4.32. The third kappa shape index (κ3) is 2.15. The Balaban J connectivity index is 2.08. The molecule has 0 saturated carbocycles. The lowest BCUT2D eigenvalue weighted by Crippen LogP contribution is -2.35. The van der Waals surface area contributed by atoms with Gasteiger partial charge < -0.3 is 15.1 Å². The van der Waals surface area contributed by atoms with Crippen LogP contribution in [0.4, 0.5) is 5.82 Å². The Morgan fingerprint density at radius 2 is 2.10 bits per heavy atom. The lowest BCUT2D eigenvalue weighted by molar-refractivity contribution is 0.244. The molecule has 2 heterocycles. The number of fused-ring (bicyclic) bond motifs is 1. The van der Waals surface area contributed by atoms with E-state index in [1.54, 1.807) is 0 Å². The summed E-state index contributed by atoms with van der Waals surface area (Å²) in [5.41, 5.74) is 1.78. The fraction of sp³-hybridized carbons (Fsp3) is 0.438. The van der Waals surface area contributed by atoms with Crippen molar-refractivity contribution < 1.29 is 10.2 Å². The van der Waals surface area contributed by atoms with Gasteiger partial charge in [0.05, 0.1) is 24.8 Å². The molecule has 20 heavy (non-hydrogen) atoms. The molecule has 1 aromatic heterocycles. The number of para-hydroxylation sites is 1. The molecule has 4 nitrogen and oxygen atoms in total. The van der Waals surface area contributed by atoms with Gasteiger partial charge in [-0.2, -0.15) is 0 Å². The van der Waals surface area contributed by atoms with E-state index in [0.717, 1.165) is 35.2 Å². The first kappa shape index (κ1) is 13.3. The molecule has 0 aliphatic carbocycles. The molecule has 1 saturated heterocycles. The topological polar surface area (TPSA) is 56.6 Å². The highest BCUT2D eigenvalue weighted by Crippen LogP contribution is 2.31. The highest BCUT2D eigenvalue weighted by atomic mass is 16.3. The lowest BCUT2D eigenvalue weighted by atomic mass is 10.0. The largest absolute Gasteiger partial charge is 0.394 e. The van der Waals surface area contributed by atoms with Crippen molar-refractivity contribution in [3.8, 4) is 0 Å². The van der Waals surface area contributed by atoms with Gasteiger partial charge in [-0.25, -0.2) is 4.98 Å². The zero-order valence-electron chi connectivity index (χ0n) is 11.7. The SMILES string of the molecule is CC1CCN(c2cc(CO)c3ccccc3n2)C1CO. The monoisotopic (exact) mass is 272 g/mol. The van der Waals surface area contributed by atoms with Crippen molar-refractivity contribution in [2.24, 2.45) is 5.92 Å². The average molecular weight is 272 g/mol. The molecule has 3 rings (SSSR count). The Hall–Kier alpha value is -1.65. The van der Waals surface area contributed by atoms with E-state index in [4.69, 9.17) is 4.98 Å². The number of aliphatic hydroxyl groups is 2. The second-order valence-electron chi connectivity index (χ2n) is 5.52. The Bertz CT molecular complexity index is 614. The second kappa shape index (κ2) is 5.38. The summed E-state index contributed by atoms with van der Waals surface area (Å²) in [6.45, 7) is 3.21. The maximum atomic E-state index is 9.59. The predicted octanol–water partition coefficient (Wildman–Crippen LogP) is 1.93. The molecule has 0 spiro atoms. The average Bonchev–Trinajstić information content (AvgIpc) is 2.86. The van der Waals surface area contributed by atoms with Gasteiger partial charge in [0.2, 0.25) is 0 Å². The molecule has 1 aromatic carbocycles. The standard InChI is InChI=1S/C16H20N2O2/c1-11-6-7-18(15(11)10-20)16-8-12(9-19)13-4-2-3-5-14(13)17-16/h2-5,8,11,15,19-20H,6-7,9-10H2,1H3. The minimum atomic E-state index is 0.00319. The molecule has 0 bridgehead atoms. The van der Waals surface area contributed by atoms with E-state index in [9.17, 15) is 10.2 Å². The van der Waals surface area contributed by atoms with Crippen molar-refractivity contribution in [2.45, 2.75) is 26.0 Å². The first-order chi connectivity index (χ1) is 9.74. The number of aromatic nitrogens is 1. The first-order valence-corrected chi connectivity index (χ1v) is 7.11. The van der Waals surface area contributed by atoms with Crippen molar-refractivity contribution in [1.29, 1.82) is 0 Å². The summed E-state index contributed by atoms with van der Waals surface area (Å²) in [5, 5.41) is 20.2. The summed E-state index contributed by atoms with van der Waals surface area (Å²) < 4.78 is 0. The summed E-state index contributed by atoms with van der Waals surface area (Å²) >= 11 is 0. The number of rotatable bonds is 3. The van der Waals surface area contributed by atoms with E-state index in [2.05, 4.69) is 11.8 Å². The van der Waals surface area contributed by atoms with E-state index in [1.165, 1.54) is 0 Å². The highest BCUT2D eigenvalue weighted by molar-refractivity contribution is 5.84. The number of hydrogen-bond donors (Lipinski definition) is 2. The van der Waals surface area contributed by atoms with Crippen molar-refractivity contribution in [3.05, 3.63) is 35.9 Å². The second-order valence-corrected chi connectivity index (χ2v) is 5.52. The van der Waals surface area contributed by atoms with E-state index in [0.29, 0.717) is 5.92 Å². The molecule has 1 aliphatic heterocycles. The fourth-order valence-electron chi connectivity index (χ4n) is 3.08. The fourth-order valence-corrected chi connectivity index (χ4v) is 3.08. The summed E-state index contributed by atoms with van der Waals surface area (Å²) in [6.07, 6.45) is 1.06. The van der Waals surface area contributed by atoms with E-state index < -0.39 is 0 Å². The highest BCUT2D eigenvalue weighted by Gasteiger charge is 2.31. The summed E-state index contributed by atoms with van der Waals surface area (Å²) in [7, 11) is 0. The predicted molar refractivity (Wildman–Crippen MR) is 79.7 cm³/mol. The van der Waals surface area contributed by atoms with Crippen LogP contribution >= 0.6 is 0 Å². The molecule has 2 atom stereocenters.